The molecule has 0 aliphatic heterocycles. The highest BCUT2D eigenvalue weighted by Gasteiger charge is 2.29. The molecule has 7 heteroatoms. The predicted molar refractivity (Wildman–Crippen MR) is 112 cm³/mol. The summed E-state index contributed by atoms with van der Waals surface area (Å²) in [6.45, 7) is 3.52. The van der Waals surface area contributed by atoms with E-state index in [9.17, 15) is 14.4 Å². The zero-order valence-corrected chi connectivity index (χ0v) is 17.1. The maximum Gasteiger partial charge on any atom is 0.407 e. The number of carboxylic acids is 1. The van der Waals surface area contributed by atoms with Gasteiger partial charge in [-0.15, -0.1) is 0 Å². The van der Waals surface area contributed by atoms with Crippen molar-refractivity contribution in [1.82, 2.24) is 10.6 Å². The molecule has 0 aromatic heterocycles. The van der Waals surface area contributed by atoms with Crippen LogP contribution in [-0.2, 0) is 14.3 Å². The first-order valence-electron chi connectivity index (χ1n) is 10.0. The summed E-state index contributed by atoms with van der Waals surface area (Å²) in [4.78, 5) is 35.4. The van der Waals surface area contributed by atoms with Crippen LogP contribution in [0.1, 0.15) is 43.7 Å². The van der Waals surface area contributed by atoms with Crippen LogP contribution >= 0.6 is 0 Å². The van der Waals surface area contributed by atoms with Gasteiger partial charge in [-0.3, -0.25) is 9.59 Å². The Balaban J connectivity index is 1.60. The molecule has 0 spiro atoms. The van der Waals surface area contributed by atoms with E-state index in [0.717, 1.165) is 22.3 Å². The lowest BCUT2D eigenvalue weighted by atomic mass is 9.98. The van der Waals surface area contributed by atoms with E-state index in [0.29, 0.717) is 6.42 Å². The highest BCUT2D eigenvalue weighted by atomic mass is 16.5. The Labute approximate surface area is 175 Å². The first-order chi connectivity index (χ1) is 14.4. The molecule has 2 atom stereocenters. The van der Waals surface area contributed by atoms with E-state index in [1.54, 1.807) is 13.8 Å². The topological polar surface area (TPSA) is 105 Å². The quantitative estimate of drug-likeness (QED) is 0.619. The molecule has 0 saturated heterocycles. The second-order valence-corrected chi connectivity index (χ2v) is 7.44. The van der Waals surface area contributed by atoms with Crippen LogP contribution in [0.25, 0.3) is 11.1 Å². The van der Waals surface area contributed by atoms with Crippen molar-refractivity contribution >= 4 is 18.0 Å². The number of rotatable bonds is 8. The third kappa shape index (κ3) is 4.79. The molecule has 0 unspecified atom stereocenters. The highest BCUT2D eigenvalue weighted by molar-refractivity contribution is 5.86. The molecule has 2 amide bonds. The SMILES string of the molecule is CC[C@@H](NC(=O)OCC1c2ccccc2-c2ccccc21)C(=O)N[C@@H](C)CC(=O)O. The van der Waals surface area contributed by atoms with Crippen LogP contribution in [0, 0.1) is 0 Å². The van der Waals surface area contributed by atoms with Gasteiger partial charge in [-0.05, 0) is 35.6 Å². The molecule has 0 fully saturated rings. The molecule has 158 valence electrons. The largest absolute Gasteiger partial charge is 0.481 e. The minimum atomic E-state index is -1.000. The molecule has 1 aliphatic rings. The average Bonchev–Trinajstić information content (AvgIpc) is 3.03. The molecule has 3 N–H and O–H groups in total. The van der Waals surface area contributed by atoms with Gasteiger partial charge < -0.3 is 20.5 Å². The molecule has 0 saturated carbocycles. The van der Waals surface area contributed by atoms with Crippen molar-refractivity contribution in [3.05, 3.63) is 59.7 Å². The number of carbonyl (C=O) groups excluding carboxylic acids is 2. The van der Waals surface area contributed by atoms with Crippen molar-refractivity contribution in [2.24, 2.45) is 0 Å². The summed E-state index contributed by atoms with van der Waals surface area (Å²) in [6.07, 6.45) is -0.507. The zero-order valence-electron chi connectivity index (χ0n) is 17.1. The van der Waals surface area contributed by atoms with E-state index in [1.807, 2.05) is 36.4 Å². The smallest absolute Gasteiger partial charge is 0.407 e. The van der Waals surface area contributed by atoms with Gasteiger partial charge in [0.25, 0.3) is 0 Å². The van der Waals surface area contributed by atoms with Crippen molar-refractivity contribution < 1.29 is 24.2 Å². The van der Waals surface area contributed by atoms with E-state index >= 15 is 0 Å². The number of benzene rings is 2. The second-order valence-electron chi connectivity index (χ2n) is 7.44. The Bertz CT molecular complexity index is 897. The number of amides is 2. The molecule has 2 aromatic rings. The van der Waals surface area contributed by atoms with Crippen molar-refractivity contribution in [3.8, 4) is 11.1 Å². The molecular formula is C23H26N2O5. The van der Waals surface area contributed by atoms with Gasteiger partial charge in [0.05, 0.1) is 6.42 Å². The number of carboxylic acid groups (broad SMARTS) is 1. The van der Waals surface area contributed by atoms with E-state index in [1.165, 1.54) is 0 Å². The molecule has 0 bridgehead atoms. The summed E-state index contributed by atoms with van der Waals surface area (Å²) in [5.74, 6) is -1.49. The average molecular weight is 410 g/mol. The lowest BCUT2D eigenvalue weighted by molar-refractivity contribution is -0.137. The van der Waals surface area contributed by atoms with Gasteiger partial charge >= 0.3 is 12.1 Å². The number of hydrogen-bond acceptors (Lipinski definition) is 4. The van der Waals surface area contributed by atoms with Crippen LogP contribution in [0.5, 0.6) is 0 Å². The number of fused-ring (bicyclic) bond motifs is 3. The van der Waals surface area contributed by atoms with Crippen LogP contribution in [-0.4, -0.2) is 41.8 Å². The van der Waals surface area contributed by atoms with Crippen LogP contribution in [0.3, 0.4) is 0 Å². The Morgan fingerprint density at radius 1 is 1.00 bits per heavy atom. The van der Waals surface area contributed by atoms with E-state index < -0.39 is 30.1 Å². The molecule has 3 rings (SSSR count). The van der Waals surface area contributed by atoms with E-state index in [4.69, 9.17) is 9.84 Å². The first kappa shape index (κ1) is 21.4. The summed E-state index contributed by atoms with van der Waals surface area (Å²) in [5, 5.41) is 14.0. The molecule has 1 aliphatic carbocycles. The van der Waals surface area contributed by atoms with Gasteiger partial charge in [-0.1, -0.05) is 55.5 Å². The molecule has 0 radical (unpaired) electrons. The van der Waals surface area contributed by atoms with Gasteiger partial charge in [-0.25, -0.2) is 4.79 Å². The maximum atomic E-state index is 12.4. The predicted octanol–water partition coefficient (Wildman–Crippen LogP) is 3.28. The van der Waals surface area contributed by atoms with Gasteiger partial charge in [0.15, 0.2) is 0 Å². The molecular weight excluding hydrogens is 384 g/mol. The lowest BCUT2D eigenvalue weighted by Crippen LogP contribution is -2.49. The standard InChI is InChI=1S/C23H26N2O5/c1-3-20(22(28)24-14(2)12-21(26)27)25-23(29)30-13-19-17-10-6-4-8-15(17)16-9-5-7-11-18(16)19/h4-11,14,19-20H,3,12-13H2,1-2H3,(H,24,28)(H,25,29)(H,26,27)/t14-,20+/m0/s1. The summed E-state index contributed by atoms with van der Waals surface area (Å²) < 4.78 is 5.47. The Hall–Kier alpha value is -3.35. The number of ether oxygens (including phenoxy) is 1. The van der Waals surface area contributed by atoms with Crippen molar-refractivity contribution in [3.63, 3.8) is 0 Å². The summed E-state index contributed by atoms with van der Waals surface area (Å²) in [5.41, 5.74) is 4.50. The van der Waals surface area contributed by atoms with Crippen LogP contribution in [0.15, 0.2) is 48.5 Å². The number of hydrogen-bond donors (Lipinski definition) is 3. The summed E-state index contributed by atoms with van der Waals surface area (Å²) >= 11 is 0. The van der Waals surface area contributed by atoms with E-state index in [2.05, 4.69) is 22.8 Å². The minimum Gasteiger partial charge on any atom is -0.481 e. The van der Waals surface area contributed by atoms with Gasteiger partial charge in [0.1, 0.15) is 12.6 Å². The number of aliphatic carboxylic acids is 1. The van der Waals surface area contributed by atoms with Crippen molar-refractivity contribution in [2.45, 2.75) is 44.7 Å². The van der Waals surface area contributed by atoms with Crippen LogP contribution in [0.4, 0.5) is 4.79 Å². The number of carbonyl (C=O) groups is 3. The molecule has 0 heterocycles. The maximum absolute atomic E-state index is 12.4. The van der Waals surface area contributed by atoms with Gasteiger partial charge in [0.2, 0.25) is 5.91 Å². The number of alkyl carbamates (subject to hydrolysis) is 1. The lowest BCUT2D eigenvalue weighted by Gasteiger charge is -2.20. The molecule has 7 nitrogen and oxygen atoms in total. The minimum absolute atomic E-state index is 0.0624. The Morgan fingerprint density at radius 2 is 1.57 bits per heavy atom. The second kappa shape index (κ2) is 9.43. The fourth-order valence-electron chi connectivity index (χ4n) is 3.79. The Kier molecular flexibility index (Phi) is 6.72. The highest BCUT2D eigenvalue weighted by Crippen LogP contribution is 2.44. The fraction of sp³-hybridized carbons (Fsp3) is 0.348. The third-order valence-corrected chi connectivity index (χ3v) is 5.23. The van der Waals surface area contributed by atoms with Crippen LogP contribution < -0.4 is 10.6 Å². The number of nitrogens with one attached hydrogen (secondary N) is 2. The monoisotopic (exact) mass is 410 g/mol. The van der Waals surface area contributed by atoms with E-state index in [-0.39, 0.29) is 18.9 Å². The van der Waals surface area contributed by atoms with Gasteiger partial charge in [0, 0.05) is 12.0 Å². The summed E-state index contributed by atoms with van der Waals surface area (Å²) in [7, 11) is 0. The first-order valence-corrected chi connectivity index (χ1v) is 10.0. The van der Waals surface area contributed by atoms with Crippen molar-refractivity contribution in [2.75, 3.05) is 6.61 Å². The Morgan fingerprint density at radius 3 is 2.10 bits per heavy atom. The fourth-order valence-corrected chi connectivity index (χ4v) is 3.79. The molecule has 30 heavy (non-hydrogen) atoms. The third-order valence-electron chi connectivity index (χ3n) is 5.23. The van der Waals surface area contributed by atoms with Crippen LogP contribution in [0.2, 0.25) is 0 Å². The normalized spacial score (nSPS) is 14.2. The zero-order chi connectivity index (χ0) is 21.7. The molecule has 2 aromatic carbocycles. The van der Waals surface area contributed by atoms with Crippen molar-refractivity contribution in [1.29, 1.82) is 0 Å². The van der Waals surface area contributed by atoms with Gasteiger partial charge in [-0.2, -0.15) is 0 Å². The summed E-state index contributed by atoms with van der Waals surface area (Å²) in [6, 6.07) is 14.8.